The minimum absolute atomic E-state index is 0.396. The van der Waals surface area contributed by atoms with Crippen LogP contribution in [0.1, 0.15) is 62.1 Å². The first-order valence-corrected chi connectivity index (χ1v) is 8.06. The Balaban J connectivity index is 1.58. The molecule has 0 radical (unpaired) electrons. The molecule has 1 aromatic carbocycles. The molecule has 0 saturated heterocycles. The van der Waals surface area contributed by atoms with E-state index >= 15 is 0 Å². The van der Waals surface area contributed by atoms with Gasteiger partial charge in [0.25, 0.3) is 0 Å². The van der Waals surface area contributed by atoms with E-state index < -0.39 is 0 Å². The molecule has 0 amide bonds. The highest BCUT2D eigenvalue weighted by atomic mass is 16.3. The lowest BCUT2D eigenvalue weighted by atomic mass is 9.87. The fourth-order valence-corrected chi connectivity index (χ4v) is 3.54. The van der Waals surface area contributed by atoms with Gasteiger partial charge in [0, 0.05) is 6.04 Å². The molecule has 108 valence electrons. The van der Waals surface area contributed by atoms with Crippen molar-refractivity contribution in [2.75, 3.05) is 6.54 Å². The van der Waals surface area contributed by atoms with Crippen molar-refractivity contribution < 1.29 is 5.11 Å². The molecule has 1 aromatic rings. The Hall–Kier alpha value is -1.28. The third-order valence-electron chi connectivity index (χ3n) is 4.67. The van der Waals surface area contributed by atoms with E-state index in [0.29, 0.717) is 11.8 Å². The number of hydrogen-bond acceptors (Lipinski definition) is 2. The molecule has 20 heavy (non-hydrogen) atoms. The van der Waals surface area contributed by atoms with Crippen molar-refractivity contribution in [2.45, 2.75) is 57.4 Å². The average Bonchev–Trinajstić information content (AvgIpc) is 2.49. The molecule has 0 spiro atoms. The first kappa shape index (κ1) is 13.7. The molecule has 0 saturated carbocycles. The van der Waals surface area contributed by atoms with E-state index in [2.05, 4.69) is 17.5 Å². The molecule has 0 fully saturated rings. The van der Waals surface area contributed by atoms with Crippen molar-refractivity contribution in [3.8, 4) is 5.75 Å². The van der Waals surface area contributed by atoms with Crippen molar-refractivity contribution >= 4 is 0 Å². The maximum absolute atomic E-state index is 9.70. The quantitative estimate of drug-likeness (QED) is 0.802. The maximum atomic E-state index is 9.70. The number of aromatic hydroxyl groups is 1. The molecular weight excluding hydrogens is 246 g/mol. The summed E-state index contributed by atoms with van der Waals surface area (Å²) in [7, 11) is 0. The van der Waals surface area contributed by atoms with Crippen LogP contribution in [0.25, 0.3) is 0 Å². The van der Waals surface area contributed by atoms with E-state index in [1.54, 1.807) is 5.57 Å². The summed E-state index contributed by atoms with van der Waals surface area (Å²) in [6.07, 6.45) is 12.5. The van der Waals surface area contributed by atoms with Gasteiger partial charge in [0.05, 0.1) is 0 Å². The Morgan fingerprint density at radius 1 is 1.15 bits per heavy atom. The van der Waals surface area contributed by atoms with Crippen molar-refractivity contribution in [1.82, 2.24) is 5.32 Å². The summed E-state index contributed by atoms with van der Waals surface area (Å²) >= 11 is 0. The molecule has 0 aliphatic heterocycles. The number of phenolic OH excluding ortho intramolecular Hbond substituents is 1. The second kappa shape index (κ2) is 6.45. The summed E-state index contributed by atoms with van der Waals surface area (Å²) in [5.41, 5.74) is 4.35. The van der Waals surface area contributed by atoms with Crippen molar-refractivity contribution in [3.63, 3.8) is 0 Å². The first-order valence-electron chi connectivity index (χ1n) is 8.06. The van der Waals surface area contributed by atoms with E-state index in [1.165, 1.54) is 56.1 Å². The van der Waals surface area contributed by atoms with Crippen molar-refractivity contribution in [3.05, 3.63) is 41.0 Å². The predicted octanol–water partition coefficient (Wildman–Crippen LogP) is 4.25. The fraction of sp³-hybridized carbons (Fsp3) is 0.556. The third-order valence-corrected chi connectivity index (χ3v) is 4.67. The van der Waals surface area contributed by atoms with Gasteiger partial charge in [-0.3, -0.25) is 0 Å². The number of aryl methyl sites for hydroxylation is 1. The van der Waals surface area contributed by atoms with E-state index in [0.717, 1.165) is 13.0 Å². The van der Waals surface area contributed by atoms with E-state index in [9.17, 15) is 5.11 Å². The van der Waals surface area contributed by atoms with Crippen molar-refractivity contribution in [2.24, 2.45) is 0 Å². The maximum Gasteiger partial charge on any atom is 0.115 e. The molecule has 0 heterocycles. The number of phenols is 1. The Kier molecular flexibility index (Phi) is 4.41. The van der Waals surface area contributed by atoms with E-state index in [4.69, 9.17) is 0 Å². The monoisotopic (exact) mass is 271 g/mol. The summed E-state index contributed by atoms with van der Waals surface area (Å²) in [5.74, 6) is 0.396. The summed E-state index contributed by atoms with van der Waals surface area (Å²) in [6, 6.07) is 6.28. The van der Waals surface area contributed by atoms with Crippen LogP contribution < -0.4 is 5.32 Å². The van der Waals surface area contributed by atoms with Gasteiger partial charge in [-0.1, -0.05) is 17.7 Å². The molecule has 3 rings (SSSR count). The van der Waals surface area contributed by atoms with Gasteiger partial charge >= 0.3 is 0 Å². The lowest BCUT2D eigenvalue weighted by molar-refractivity contribution is 0.446. The lowest BCUT2D eigenvalue weighted by Crippen LogP contribution is -2.26. The van der Waals surface area contributed by atoms with Crippen molar-refractivity contribution in [1.29, 1.82) is 0 Å². The fourth-order valence-electron chi connectivity index (χ4n) is 3.54. The summed E-state index contributed by atoms with van der Waals surface area (Å²) in [4.78, 5) is 0. The van der Waals surface area contributed by atoms with Gasteiger partial charge in [0.2, 0.25) is 0 Å². The molecular formula is C18H25NO. The number of benzene rings is 1. The molecule has 2 heteroatoms. The zero-order chi connectivity index (χ0) is 13.8. The second-order valence-corrected chi connectivity index (χ2v) is 6.14. The topological polar surface area (TPSA) is 32.3 Å². The number of fused-ring (bicyclic) bond motifs is 1. The molecule has 0 bridgehead atoms. The molecule has 1 unspecified atom stereocenters. The molecule has 0 aromatic heterocycles. The van der Waals surface area contributed by atoms with Crippen LogP contribution in [-0.4, -0.2) is 11.7 Å². The minimum Gasteiger partial charge on any atom is -0.508 e. The van der Waals surface area contributed by atoms with Gasteiger partial charge in [-0.25, -0.2) is 0 Å². The van der Waals surface area contributed by atoms with Gasteiger partial charge in [-0.05, 0) is 81.2 Å². The molecule has 2 aliphatic carbocycles. The van der Waals surface area contributed by atoms with Gasteiger partial charge in [0.1, 0.15) is 5.75 Å². The highest BCUT2D eigenvalue weighted by Gasteiger charge is 2.20. The van der Waals surface area contributed by atoms with Crippen LogP contribution in [0.3, 0.4) is 0 Å². The normalized spacial score (nSPS) is 22.2. The number of rotatable bonds is 4. The van der Waals surface area contributed by atoms with Crippen LogP contribution in [0.4, 0.5) is 0 Å². The number of nitrogens with one attached hydrogen (secondary N) is 1. The van der Waals surface area contributed by atoms with Gasteiger partial charge in [-0.15, -0.1) is 0 Å². The van der Waals surface area contributed by atoms with Crippen LogP contribution in [0.15, 0.2) is 29.8 Å². The van der Waals surface area contributed by atoms with Gasteiger partial charge < -0.3 is 10.4 Å². The number of hydrogen-bond donors (Lipinski definition) is 2. The first-order chi connectivity index (χ1) is 9.83. The third kappa shape index (κ3) is 3.24. The van der Waals surface area contributed by atoms with Crippen LogP contribution in [-0.2, 0) is 6.42 Å². The zero-order valence-corrected chi connectivity index (χ0v) is 12.2. The SMILES string of the molecule is Oc1ccc2c(c1)C(NCCC1=CCCCC1)CCC2. The Morgan fingerprint density at radius 2 is 2.10 bits per heavy atom. The van der Waals surface area contributed by atoms with Crippen LogP contribution in [0, 0.1) is 0 Å². The lowest BCUT2D eigenvalue weighted by Gasteiger charge is -2.27. The minimum atomic E-state index is 0.396. The van der Waals surface area contributed by atoms with Crippen LogP contribution in [0.2, 0.25) is 0 Å². The Labute approximate surface area is 121 Å². The Morgan fingerprint density at radius 3 is 2.95 bits per heavy atom. The molecule has 2 nitrogen and oxygen atoms in total. The summed E-state index contributed by atoms with van der Waals surface area (Å²) in [6.45, 7) is 1.06. The second-order valence-electron chi connectivity index (χ2n) is 6.14. The molecule has 2 aliphatic rings. The molecule has 1 atom stereocenters. The van der Waals surface area contributed by atoms with E-state index in [1.807, 2.05) is 12.1 Å². The summed E-state index contributed by atoms with van der Waals surface area (Å²) in [5, 5.41) is 13.4. The van der Waals surface area contributed by atoms with Crippen LogP contribution >= 0.6 is 0 Å². The zero-order valence-electron chi connectivity index (χ0n) is 12.2. The van der Waals surface area contributed by atoms with Crippen LogP contribution in [0.5, 0.6) is 5.75 Å². The predicted molar refractivity (Wildman–Crippen MR) is 83.0 cm³/mol. The largest absolute Gasteiger partial charge is 0.508 e. The van der Waals surface area contributed by atoms with E-state index in [-0.39, 0.29) is 0 Å². The highest BCUT2D eigenvalue weighted by molar-refractivity contribution is 5.38. The highest BCUT2D eigenvalue weighted by Crippen LogP contribution is 2.32. The smallest absolute Gasteiger partial charge is 0.115 e. The summed E-state index contributed by atoms with van der Waals surface area (Å²) < 4.78 is 0. The standard InChI is InChI=1S/C18H25NO/c20-16-10-9-15-7-4-8-18(17(15)13-16)19-12-11-14-5-2-1-3-6-14/h5,9-10,13,18-20H,1-4,6-8,11-12H2. The average molecular weight is 271 g/mol. The van der Waals surface area contributed by atoms with Gasteiger partial charge in [-0.2, -0.15) is 0 Å². The molecule has 2 N–H and O–H groups in total. The van der Waals surface area contributed by atoms with Gasteiger partial charge in [0.15, 0.2) is 0 Å². The Bertz CT molecular complexity index is 492. The number of allylic oxidation sites excluding steroid dienone is 1.